The van der Waals surface area contributed by atoms with Crippen molar-refractivity contribution >= 4 is 11.0 Å². The van der Waals surface area contributed by atoms with Crippen molar-refractivity contribution in [1.29, 1.82) is 0 Å². The van der Waals surface area contributed by atoms with E-state index in [4.69, 9.17) is 0 Å². The maximum Gasteiger partial charge on any atom is 0.186 e. The molecule has 0 radical (unpaired) electrons. The summed E-state index contributed by atoms with van der Waals surface area (Å²) in [6.07, 6.45) is 4.09. The highest BCUT2D eigenvalue weighted by Crippen LogP contribution is 2.72. The lowest BCUT2D eigenvalue weighted by Gasteiger charge is -2.05. The summed E-state index contributed by atoms with van der Waals surface area (Å²) in [6, 6.07) is 2.74. The monoisotopic (exact) mass is 260 g/mol. The average Bonchev–Trinajstić information content (AvgIpc) is 2.81. The Morgan fingerprint density at radius 3 is 2.58 bits per heavy atom. The van der Waals surface area contributed by atoms with Gasteiger partial charge in [-0.2, -0.15) is 0 Å². The third-order valence-electron chi connectivity index (χ3n) is 5.62. The van der Waals surface area contributed by atoms with Crippen molar-refractivity contribution in [3.05, 3.63) is 29.6 Å². The molecule has 3 fully saturated rings. The zero-order valence-electron chi connectivity index (χ0n) is 10.4. The van der Waals surface area contributed by atoms with Crippen LogP contribution in [0.4, 0.5) is 8.78 Å². The molecule has 0 amide bonds. The van der Waals surface area contributed by atoms with E-state index in [-0.39, 0.29) is 5.52 Å². The van der Waals surface area contributed by atoms with Gasteiger partial charge in [-0.15, -0.1) is 0 Å². The van der Waals surface area contributed by atoms with Gasteiger partial charge in [-0.3, -0.25) is 0 Å². The summed E-state index contributed by atoms with van der Waals surface area (Å²) in [7, 11) is 0. The van der Waals surface area contributed by atoms with Crippen LogP contribution in [0.3, 0.4) is 0 Å². The zero-order valence-corrected chi connectivity index (χ0v) is 10.4. The molecule has 1 N–H and O–H groups in total. The van der Waals surface area contributed by atoms with Crippen LogP contribution in [0.2, 0.25) is 0 Å². The molecular formula is C15H14F2N2. The molecule has 0 saturated heterocycles. The zero-order chi connectivity index (χ0) is 12.7. The van der Waals surface area contributed by atoms with E-state index in [0.717, 1.165) is 35.6 Å². The Morgan fingerprint density at radius 2 is 1.84 bits per heavy atom. The fourth-order valence-corrected chi connectivity index (χ4v) is 4.88. The number of hydrogen-bond acceptors (Lipinski definition) is 1. The third kappa shape index (κ3) is 1.18. The van der Waals surface area contributed by atoms with Crippen LogP contribution in [0.1, 0.15) is 31.0 Å². The average molecular weight is 260 g/mol. The van der Waals surface area contributed by atoms with Gasteiger partial charge in [0.15, 0.2) is 11.6 Å². The summed E-state index contributed by atoms with van der Waals surface area (Å²) in [5.41, 5.74) is 0.776. The van der Waals surface area contributed by atoms with E-state index in [1.165, 1.54) is 19.3 Å². The number of halogens is 2. The molecule has 4 atom stereocenters. The first-order valence-corrected chi connectivity index (χ1v) is 7.07. The van der Waals surface area contributed by atoms with Crippen LogP contribution in [0, 0.1) is 35.3 Å². The highest BCUT2D eigenvalue weighted by Gasteiger charge is 2.66. The Bertz CT molecular complexity index is 677. The van der Waals surface area contributed by atoms with E-state index >= 15 is 0 Å². The van der Waals surface area contributed by atoms with E-state index < -0.39 is 11.6 Å². The smallest absolute Gasteiger partial charge is 0.186 e. The Balaban J connectivity index is 1.59. The molecule has 1 aromatic heterocycles. The van der Waals surface area contributed by atoms with Crippen LogP contribution in [0.25, 0.3) is 11.0 Å². The minimum absolute atomic E-state index is 0.160. The molecule has 19 heavy (non-hydrogen) atoms. The predicted molar refractivity (Wildman–Crippen MR) is 66.6 cm³/mol. The molecule has 0 aliphatic heterocycles. The summed E-state index contributed by atoms with van der Waals surface area (Å²) in [5.74, 6) is 2.94. The van der Waals surface area contributed by atoms with Gasteiger partial charge in [-0.05, 0) is 55.1 Å². The molecule has 2 aromatic rings. The van der Waals surface area contributed by atoms with Crippen molar-refractivity contribution in [2.24, 2.45) is 23.7 Å². The molecule has 1 aromatic carbocycles. The first-order valence-electron chi connectivity index (χ1n) is 7.07. The second-order valence-electron chi connectivity index (χ2n) is 6.39. The van der Waals surface area contributed by atoms with Gasteiger partial charge in [0.2, 0.25) is 0 Å². The van der Waals surface area contributed by atoms with Gasteiger partial charge in [0.25, 0.3) is 0 Å². The van der Waals surface area contributed by atoms with Crippen LogP contribution in [0.5, 0.6) is 0 Å². The summed E-state index contributed by atoms with van der Waals surface area (Å²) >= 11 is 0. The van der Waals surface area contributed by atoms with Crippen molar-refractivity contribution < 1.29 is 8.78 Å². The third-order valence-corrected chi connectivity index (χ3v) is 5.62. The van der Waals surface area contributed by atoms with Gasteiger partial charge in [0.1, 0.15) is 11.3 Å². The van der Waals surface area contributed by atoms with Crippen molar-refractivity contribution in [2.75, 3.05) is 0 Å². The topological polar surface area (TPSA) is 28.7 Å². The number of imidazole rings is 1. The molecule has 5 rings (SSSR count). The number of hydrogen-bond donors (Lipinski definition) is 1. The van der Waals surface area contributed by atoms with Gasteiger partial charge >= 0.3 is 0 Å². The molecule has 3 aliphatic carbocycles. The van der Waals surface area contributed by atoms with Gasteiger partial charge in [0, 0.05) is 5.92 Å². The molecule has 0 spiro atoms. The number of nitrogens with zero attached hydrogens (tertiary/aromatic N) is 1. The van der Waals surface area contributed by atoms with Crippen molar-refractivity contribution in [2.45, 2.75) is 25.2 Å². The Morgan fingerprint density at radius 1 is 1.11 bits per heavy atom. The van der Waals surface area contributed by atoms with Gasteiger partial charge < -0.3 is 4.98 Å². The van der Waals surface area contributed by atoms with Crippen LogP contribution in [-0.2, 0) is 0 Å². The summed E-state index contributed by atoms with van der Waals surface area (Å²) in [4.78, 5) is 7.55. The molecular weight excluding hydrogens is 246 g/mol. The fraction of sp³-hybridized carbons (Fsp3) is 0.533. The first kappa shape index (κ1) is 10.4. The van der Waals surface area contributed by atoms with Gasteiger partial charge in [-0.1, -0.05) is 0 Å². The molecule has 3 aliphatic rings. The van der Waals surface area contributed by atoms with Crippen LogP contribution >= 0.6 is 0 Å². The van der Waals surface area contributed by atoms with Crippen molar-refractivity contribution in [3.8, 4) is 0 Å². The number of H-pyrrole nitrogens is 1. The predicted octanol–water partition coefficient (Wildman–Crippen LogP) is 3.60. The number of aromatic nitrogens is 2. The quantitative estimate of drug-likeness (QED) is 0.833. The second kappa shape index (κ2) is 3.17. The largest absolute Gasteiger partial charge is 0.342 e. The lowest BCUT2D eigenvalue weighted by molar-refractivity contribution is 0.456. The minimum Gasteiger partial charge on any atom is -0.342 e. The summed E-state index contributed by atoms with van der Waals surface area (Å²) in [6.45, 7) is 0. The Hall–Kier alpha value is -1.45. The molecule has 4 unspecified atom stereocenters. The molecule has 1 heterocycles. The number of rotatable bonds is 1. The summed E-state index contributed by atoms with van der Waals surface area (Å²) in [5, 5.41) is 0. The molecule has 4 heteroatoms. The normalized spacial score (nSPS) is 38.9. The number of benzene rings is 1. The van der Waals surface area contributed by atoms with Gasteiger partial charge in [-0.25, -0.2) is 13.8 Å². The molecule has 3 saturated carbocycles. The number of aromatic amines is 1. The van der Waals surface area contributed by atoms with E-state index in [1.54, 1.807) is 6.07 Å². The van der Waals surface area contributed by atoms with Gasteiger partial charge in [0.05, 0.1) is 5.52 Å². The second-order valence-corrected chi connectivity index (χ2v) is 6.39. The summed E-state index contributed by atoms with van der Waals surface area (Å²) < 4.78 is 26.9. The highest BCUT2D eigenvalue weighted by molar-refractivity contribution is 5.76. The highest BCUT2D eigenvalue weighted by atomic mass is 19.2. The standard InChI is InChI=1S/C15H14F2N2/c16-8-3-4-9-14(13(8)17)19-15(18-9)12-10-6-1-2-7(5-6)11(10)12/h3-4,6-7,10-12H,1-2,5H2,(H,18,19). The molecule has 98 valence electrons. The van der Waals surface area contributed by atoms with Crippen LogP contribution in [-0.4, -0.2) is 9.97 Å². The lowest BCUT2D eigenvalue weighted by atomic mass is 10.0. The van der Waals surface area contributed by atoms with Crippen molar-refractivity contribution in [3.63, 3.8) is 0 Å². The van der Waals surface area contributed by atoms with Crippen molar-refractivity contribution in [1.82, 2.24) is 9.97 Å². The number of fused-ring (bicyclic) bond motifs is 6. The van der Waals surface area contributed by atoms with Crippen LogP contribution in [0.15, 0.2) is 12.1 Å². The Labute approximate surface area is 109 Å². The maximum atomic E-state index is 13.7. The molecule has 2 bridgehead atoms. The van der Waals surface area contributed by atoms with Crippen LogP contribution < -0.4 is 0 Å². The maximum absolute atomic E-state index is 13.7. The lowest BCUT2D eigenvalue weighted by Crippen LogP contribution is -1.98. The van der Waals surface area contributed by atoms with E-state index in [1.807, 2.05) is 0 Å². The number of nitrogens with one attached hydrogen (secondary N) is 1. The first-order chi connectivity index (χ1) is 9.24. The van der Waals surface area contributed by atoms with E-state index in [9.17, 15) is 8.78 Å². The van der Waals surface area contributed by atoms with E-state index in [2.05, 4.69) is 9.97 Å². The Kier molecular flexibility index (Phi) is 1.73. The minimum atomic E-state index is -0.825. The molecule has 2 nitrogen and oxygen atoms in total. The van der Waals surface area contributed by atoms with E-state index in [0.29, 0.717) is 11.4 Å². The SMILES string of the molecule is Fc1ccc2[nH]c(C3C4C5CCC(C5)C34)nc2c1F. The fourth-order valence-electron chi connectivity index (χ4n) is 4.88.